The van der Waals surface area contributed by atoms with Gasteiger partial charge >= 0.3 is 6.09 Å². The summed E-state index contributed by atoms with van der Waals surface area (Å²) < 4.78 is 5.35. The van der Waals surface area contributed by atoms with E-state index >= 15 is 0 Å². The highest BCUT2D eigenvalue weighted by atomic mass is 16.6. The normalized spacial score (nSPS) is 40.9. The molecule has 6 heteroatoms. The Morgan fingerprint density at radius 3 is 2.29 bits per heavy atom. The Balaban J connectivity index is 1.79. The lowest BCUT2D eigenvalue weighted by Crippen LogP contribution is -2.67. The molecule has 4 atom stereocenters. The summed E-state index contributed by atoms with van der Waals surface area (Å²) in [4.78, 5) is 23.6. The topological polar surface area (TPSA) is 81.5 Å². The van der Waals surface area contributed by atoms with Crippen molar-refractivity contribution in [3.63, 3.8) is 0 Å². The maximum atomic E-state index is 12.1. The van der Waals surface area contributed by atoms with Gasteiger partial charge in [0.25, 0.3) is 0 Å². The number of carbonyl (C=O) groups excluding carboxylic acids is 1. The summed E-state index contributed by atoms with van der Waals surface area (Å²) in [6.07, 6.45) is 4.16. The average Bonchev–Trinajstić information content (AvgIpc) is 2.22. The third-order valence-corrected chi connectivity index (χ3v) is 5.18. The van der Waals surface area contributed by atoms with E-state index in [1.807, 2.05) is 20.8 Å². The van der Waals surface area contributed by atoms with Gasteiger partial charge in [0.05, 0.1) is 5.54 Å². The maximum Gasteiger partial charge on any atom is 0.408 e. The van der Waals surface area contributed by atoms with Crippen LogP contribution in [0, 0.1) is 22.0 Å². The monoisotopic (exact) mass is 296 g/mol. The van der Waals surface area contributed by atoms with Gasteiger partial charge in [0.2, 0.25) is 5.54 Å². The zero-order valence-corrected chi connectivity index (χ0v) is 13.0. The Morgan fingerprint density at radius 2 is 1.81 bits per heavy atom. The highest BCUT2D eigenvalue weighted by Gasteiger charge is 2.64. The van der Waals surface area contributed by atoms with Crippen LogP contribution in [0.15, 0.2) is 0 Å². The third kappa shape index (κ3) is 2.60. The van der Waals surface area contributed by atoms with Crippen molar-refractivity contribution < 1.29 is 14.5 Å². The van der Waals surface area contributed by atoms with Crippen molar-refractivity contribution in [1.82, 2.24) is 5.32 Å². The van der Waals surface area contributed by atoms with Gasteiger partial charge in [-0.3, -0.25) is 10.1 Å². The van der Waals surface area contributed by atoms with Crippen molar-refractivity contribution in [2.75, 3.05) is 0 Å². The summed E-state index contributed by atoms with van der Waals surface area (Å²) in [6.45, 7) is 5.47. The van der Waals surface area contributed by atoms with Crippen molar-refractivity contribution >= 4 is 6.09 Å². The number of alkyl carbamates (subject to hydrolysis) is 1. The van der Waals surface area contributed by atoms with Crippen molar-refractivity contribution in [3.05, 3.63) is 10.1 Å². The molecule has 4 aliphatic carbocycles. The minimum Gasteiger partial charge on any atom is -0.444 e. The third-order valence-electron chi connectivity index (χ3n) is 5.18. The summed E-state index contributed by atoms with van der Waals surface area (Å²) >= 11 is 0. The van der Waals surface area contributed by atoms with Crippen LogP contribution in [0.25, 0.3) is 0 Å². The van der Waals surface area contributed by atoms with E-state index in [1.54, 1.807) is 0 Å². The molecule has 0 aromatic heterocycles. The molecular formula is C15H24N2O4. The molecule has 0 radical (unpaired) electrons. The minimum atomic E-state index is -0.820. The largest absolute Gasteiger partial charge is 0.444 e. The second kappa shape index (κ2) is 4.34. The number of nitrogens with zero attached hydrogens (tertiary/aromatic N) is 1. The van der Waals surface area contributed by atoms with E-state index in [2.05, 4.69) is 5.32 Å². The van der Waals surface area contributed by atoms with E-state index in [4.69, 9.17) is 4.74 Å². The summed E-state index contributed by atoms with van der Waals surface area (Å²) in [5.74, 6) is 0.734. The van der Waals surface area contributed by atoms with Crippen molar-refractivity contribution in [2.45, 2.75) is 76.0 Å². The minimum absolute atomic E-state index is 0.0873. The first kappa shape index (κ1) is 14.6. The lowest BCUT2D eigenvalue weighted by Gasteiger charge is -2.57. The van der Waals surface area contributed by atoms with E-state index in [9.17, 15) is 14.9 Å². The Kier molecular flexibility index (Phi) is 3.01. The lowest BCUT2D eigenvalue weighted by molar-refractivity contribution is -0.589. The van der Waals surface area contributed by atoms with E-state index in [0.29, 0.717) is 31.1 Å². The molecule has 1 amide bonds. The zero-order valence-electron chi connectivity index (χ0n) is 13.0. The van der Waals surface area contributed by atoms with Crippen molar-refractivity contribution in [2.24, 2.45) is 11.8 Å². The fourth-order valence-corrected chi connectivity index (χ4v) is 5.09. The number of rotatable bonds is 2. The Morgan fingerprint density at radius 1 is 1.24 bits per heavy atom. The fourth-order valence-electron chi connectivity index (χ4n) is 5.09. The van der Waals surface area contributed by atoms with E-state index in [-0.39, 0.29) is 4.92 Å². The number of hydrogen-bond acceptors (Lipinski definition) is 4. The molecule has 0 aromatic rings. The summed E-state index contributed by atoms with van der Waals surface area (Å²) in [5.41, 5.74) is -1.80. The summed E-state index contributed by atoms with van der Waals surface area (Å²) in [6, 6.07) is 0. The standard InChI is InChI=1S/C15H24N2O4/c1-13(2,3)21-12(18)16-14-5-10-4-11(6-14)8-15(7-10,9-14)17(19)20/h10-11H,4-9H2,1-3H3,(H,16,18)/t10-,11+,14?,15?. The summed E-state index contributed by atoms with van der Waals surface area (Å²) in [7, 11) is 0. The molecule has 4 rings (SSSR count). The number of hydrogen-bond donors (Lipinski definition) is 1. The molecule has 21 heavy (non-hydrogen) atoms. The quantitative estimate of drug-likeness (QED) is 0.627. The van der Waals surface area contributed by atoms with Crippen LogP contribution < -0.4 is 5.32 Å². The van der Waals surface area contributed by atoms with Crippen molar-refractivity contribution in [3.8, 4) is 0 Å². The Hall–Kier alpha value is -1.33. The maximum absolute atomic E-state index is 12.1. The van der Waals surface area contributed by atoms with Gasteiger partial charge in [-0.2, -0.15) is 0 Å². The average molecular weight is 296 g/mol. The van der Waals surface area contributed by atoms with Gasteiger partial charge in [0.1, 0.15) is 5.60 Å². The molecule has 118 valence electrons. The second-order valence-electron chi connectivity index (χ2n) is 8.35. The number of nitrogens with one attached hydrogen (secondary N) is 1. The van der Waals surface area contributed by atoms with Gasteiger partial charge < -0.3 is 10.1 Å². The predicted octanol–water partition coefficient (Wildman–Crippen LogP) is 2.88. The van der Waals surface area contributed by atoms with Crippen LogP contribution in [-0.2, 0) is 4.74 Å². The SMILES string of the molecule is CC(C)(C)OC(=O)NC12C[C@H]3C[C@@H](C1)CC([N+](=O)[O-])(C3)C2. The van der Waals surface area contributed by atoms with Crippen LogP contribution in [0.2, 0.25) is 0 Å². The first-order chi connectivity index (χ1) is 9.62. The van der Waals surface area contributed by atoms with Gasteiger partial charge in [-0.05, 0) is 51.9 Å². The molecule has 4 bridgehead atoms. The van der Waals surface area contributed by atoms with Gasteiger partial charge in [0, 0.05) is 24.2 Å². The number of nitro groups is 1. The fraction of sp³-hybridized carbons (Fsp3) is 0.933. The van der Waals surface area contributed by atoms with Crippen LogP contribution in [0.5, 0.6) is 0 Å². The molecule has 0 spiro atoms. The Labute approximate surface area is 124 Å². The zero-order chi connectivity index (χ0) is 15.5. The molecule has 0 aliphatic heterocycles. The van der Waals surface area contributed by atoms with Gasteiger partial charge in [-0.1, -0.05) is 0 Å². The highest BCUT2D eigenvalue weighted by molar-refractivity contribution is 5.69. The van der Waals surface area contributed by atoms with Crippen LogP contribution in [0.4, 0.5) is 4.79 Å². The van der Waals surface area contributed by atoms with Crippen LogP contribution in [0.1, 0.15) is 59.3 Å². The molecule has 2 unspecified atom stereocenters. The summed E-state index contributed by atoms with van der Waals surface area (Å²) in [5, 5.41) is 14.6. The van der Waals surface area contributed by atoms with E-state index < -0.39 is 22.8 Å². The smallest absolute Gasteiger partial charge is 0.408 e. The number of ether oxygens (including phenoxy) is 1. The predicted molar refractivity (Wildman–Crippen MR) is 76.5 cm³/mol. The lowest BCUT2D eigenvalue weighted by atomic mass is 9.50. The molecule has 4 fully saturated rings. The Bertz CT molecular complexity index is 469. The van der Waals surface area contributed by atoms with Gasteiger partial charge in [0.15, 0.2) is 0 Å². The number of carbonyl (C=O) groups is 1. The van der Waals surface area contributed by atoms with E-state index in [1.165, 1.54) is 0 Å². The van der Waals surface area contributed by atoms with Gasteiger partial charge in [-0.25, -0.2) is 4.79 Å². The molecule has 4 saturated carbocycles. The number of amides is 1. The second-order valence-corrected chi connectivity index (χ2v) is 8.35. The molecule has 0 heterocycles. The van der Waals surface area contributed by atoms with Crippen LogP contribution >= 0.6 is 0 Å². The van der Waals surface area contributed by atoms with Crippen molar-refractivity contribution in [1.29, 1.82) is 0 Å². The van der Waals surface area contributed by atoms with Gasteiger partial charge in [-0.15, -0.1) is 0 Å². The van der Waals surface area contributed by atoms with E-state index in [0.717, 1.165) is 19.3 Å². The van der Waals surface area contributed by atoms with Crippen LogP contribution in [-0.4, -0.2) is 27.7 Å². The molecular weight excluding hydrogens is 272 g/mol. The first-order valence-corrected chi connectivity index (χ1v) is 7.77. The molecule has 0 aromatic carbocycles. The first-order valence-electron chi connectivity index (χ1n) is 7.77. The molecule has 4 aliphatic rings. The molecule has 1 N–H and O–H groups in total. The molecule has 0 saturated heterocycles. The van der Waals surface area contributed by atoms with Crippen LogP contribution in [0.3, 0.4) is 0 Å². The molecule has 6 nitrogen and oxygen atoms in total. The highest BCUT2D eigenvalue weighted by Crippen LogP contribution is 2.58.